The van der Waals surface area contributed by atoms with Crippen LogP contribution in [0.2, 0.25) is 0 Å². The fraction of sp³-hybridized carbons (Fsp3) is 0.850. The Bertz CT molecular complexity index is 661. The molecule has 0 aromatic heterocycles. The van der Waals surface area contributed by atoms with E-state index in [1.165, 1.54) is 32.1 Å². The lowest BCUT2D eigenvalue weighted by molar-refractivity contribution is -0.156. The van der Waals surface area contributed by atoms with Crippen molar-refractivity contribution < 1.29 is 22.8 Å². The Balaban J connectivity index is 0.000000283. The molecule has 6 aliphatic rings. The van der Waals surface area contributed by atoms with E-state index in [0.29, 0.717) is 29.7 Å². The number of amides is 1. The van der Waals surface area contributed by atoms with Crippen LogP contribution in [0.1, 0.15) is 44.9 Å². The minimum atomic E-state index is -4.64. The number of carbonyl (C=O) groups is 2. The highest BCUT2D eigenvalue weighted by Crippen LogP contribution is 2.57. The van der Waals surface area contributed by atoms with Gasteiger partial charge in [0.05, 0.1) is 6.04 Å². The van der Waals surface area contributed by atoms with Crippen LogP contribution in [0.15, 0.2) is 0 Å². The number of hydrogen-bond donors (Lipinski definition) is 1. The maximum atomic E-state index is 13.0. The molecule has 1 unspecified atom stereocenters. The van der Waals surface area contributed by atoms with E-state index < -0.39 is 12.5 Å². The number of rotatable bonds is 2. The van der Waals surface area contributed by atoms with Crippen LogP contribution in [0.25, 0.3) is 4.85 Å². The highest BCUT2D eigenvalue weighted by molar-refractivity contribution is 5.83. The summed E-state index contributed by atoms with van der Waals surface area (Å²) in [5, 5.41) is 0. The summed E-state index contributed by atoms with van der Waals surface area (Å²) in [5.41, 5.74) is 6.53. The molecule has 2 N–H and O–H groups in total. The Kier molecular flexibility index (Phi) is 4.93. The SMILES string of the molecule is O=CC(F)(F)F.[C-]#[N+][C@@H]1C[C@@H]2CC2N1C(=O)[C@@H](N)C1C2CC3CC(C2)CC1C3. The molecular formula is C20H26F3N3O2. The zero-order valence-corrected chi connectivity index (χ0v) is 15.6. The summed E-state index contributed by atoms with van der Waals surface area (Å²) in [6, 6.07) is -0.00640. The number of nitrogens with zero attached hydrogens (tertiary/aromatic N) is 2. The Morgan fingerprint density at radius 3 is 2.04 bits per heavy atom. The third-order valence-electron chi connectivity index (χ3n) is 7.61. The fourth-order valence-electron chi connectivity index (χ4n) is 6.75. The molecule has 6 rings (SSSR count). The quantitative estimate of drug-likeness (QED) is 0.575. The summed E-state index contributed by atoms with van der Waals surface area (Å²) in [7, 11) is 0. The molecule has 1 amide bonds. The minimum absolute atomic E-state index is 0.100. The van der Waals surface area contributed by atoms with Gasteiger partial charge >= 0.3 is 12.3 Å². The topological polar surface area (TPSA) is 67.8 Å². The van der Waals surface area contributed by atoms with Gasteiger partial charge in [0.1, 0.15) is 0 Å². The first kappa shape index (κ1) is 19.7. The zero-order chi connectivity index (χ0) is 20.2. The molecule has 28 heavy (non-hydrogen) atoms. The Hall–Kier alpha value is -1.62. The van der Waals surface area contributed by atoms with E-state index in [1.807, 2.05) is 4.90 Å². The van der Waals surface area contributed by atoms with Gasteiger partial charge in [-0.25, -0.2) is 6.57 Å². The molecular weight excluding hydrogens is 371 g/mol. The molecule has 0 spiro atoms. The first-order chi connectivity index (χ1) is 13.2. The number of halogens is 3. The van der Waals surface area contributed by atoms with Gasteiger partial charge < -0.3 is 5.73 Å². The summed E-state index contributed by atoms with van der Waals surface area (Å²) >= 11 is 0. The van der Waals surface area contributed by atoms with E-state index in [2.05, 4.69) is 4.85 Å². The van der Waals surface area contributed by atoms with Crippen LogP contribution in [-0.4, -0.2) is 41.5 Å². The van der Waals surface area contributed by atoms with Gasteiger partial charge in [-0.1, -0.05) is 0 Å². The molecule has 0 aromatic carbocycles. The molecule has 5 saturated carbocycles. The second-order valence-electron chi connectivity index (χ2n) is 9.35. The van der Waals surface area contributed by atoms with Gasteiger partial charge in [-0.15, -0.1) is 0 Å². The lowest BCUT2D eigenvalue weighted by Gasteiger charge is -2.55. The molecule has 8 heteroatoms. The molecule has 4 bridgehead atoms. The van der Waals surface area contributed by atoms with Crippen molar-refractivity contribution in [1.29, 1.82) is 0 Å². The minimum Gasteiger partial charge on any atom is -0.320 e. The third-order valence-corrected chi connectivity index (χ3v) is 7.61. The van der Waals surface area contributed by atoms with E-state index in [0.717, 1.165) is 24.7 Å². The van der Waals surface area contributed by atoms with E-state index in [9.17, 15) is 18.0 Å². The second kappa shape index (κ2) is 7.01. The first-order valence-corrected chi connectivity index (χ1v) is 10.2. The average Bonchev–Trinajstić information content (AvgIpc) is 3.30. The summed E-state index contributed by atoms with van der Waals surface area (Å²) in [6.07, 6.45) is 2.70. The van der Waals surface area contributed by atoms with Crippen molar-refractivity contribution >= 4 is 12.2 Å². The number of nitrogens with two attached hydrogens (primary N) is 1. The van der Waals surface area contributed by atoms with Crippen LogP contribution < -0.4 is 5.73 Å². The lowest BCUT2D eigenvalue weighted by atomic mass is 9.50. The van der Waals surface area contributed by atoms with Crippen molar-refractivity contribution in [1.82, 2.24) is 4.90 Å². The highest BCUT2D eigenvalue weighted by atomic mass is 19.4. The third kappa shape index (κ3) is 3.54. The molecule has 6 fully saturated rings. The molecule has 5 aliphatic carbocycles. The molecule has 1 aliphatic heterocycles. The Morgan fingerprint density at radius 2 is 1.57 bits per heavy atom. The van der Waals surface area contributed by atoms with E-state index in [-0.39, 0.29) is 18.1 Å². The van der Waals surface area contributed by atoms with Gasteiger partial charge in [0.25, 0.3) is 0 Å². The normalized spacial score (nSPS) is 43.5. The van der Waals surface area contributed by atoms with Crippen molar-refractivity contribution in [2.75, 3.05) is 0 Å². The van der Waals surface area contributed by atoms with Gasteiger partial charge in [-0.05, 0) is 74.0 Å². The van der Waals surface area contributed by atoms with Gasteiger partial charge in [-0.2, -0.15) is 13.2 Å². The van der Waals surface area contributed by atoms with Crippen LogP contribution in [-0.2, 0) is 9.59 Å². The standard InChI is InChI=1S/C18H25N3O.C2HF3O/c1-20-15-8-11-7-14(11)21(15)18(22)17(19)16-12-3-9-2-10(5-12)6-13(16)4-9;3-2(4,5)1-6/h9-17H,2-8,19H2;1H/t9?,10?,11-,12?,13?,14?,15-,16?,17-;/m0./s1. The van der Waals surface area contributed by atoms with Gasteiger partial charge in [0, 0.05) is 12.5 Å². The molecule has 5 nitrogen and oxygen atoms in total. The second-order valence-corrected chi connectivity index (χ2v) is 9.35. The molecule has 1 saturated heterocycles. The maximum Gasteiger partial charge on any atom is 0.446 e. The smallest absolute Gasteiger partial charge is 0.320 e. The van der Waals surface area contributed by atoms with Gasteiger partial charge in [-0.3, -0.25) is 19.3 Å². The predicted octanol–water partition coefficient (Wildman–Crippen LogP) is 3.00. The Labute approximate surface area is 162 Å². The number of piperidine rings is 1. The summed E-state index contributed by atoms with van der Waals surface area (Å²) in [5.74, 6) is 4.27. The van der Waals surface area contributed by atoms with Crippen LogP contribution in [0.3, 0.4) is 0 Å². The number of hydrogen-bond acceptors (Lipinski definition) is 3. The number of likely N-dealkylation sites (tertiary alicyclic amines) is 1. The number of aldehydes is 1. The van der Waals surface area contributed by atoms with Crippen LogP contribution in [0, 0.1) is 42.1 Å². The lowest BCUT2D eigenvalue weighted by Crippen LogP contribution is -2.58. The highest BCUT2D eigenvalue weighted by Gasteiger charge is 2.59. The largest absolute Gasteiger partial charge is 0.446 e. The van der Waals surface area contributed by atoms with E-state index in [1.54, 1.807) is 0 Å². The van der Waals surface area contributed by atoms with Crippen LogP contribution in [0.4, 0.5) is 13.2 Å². The monoisotopic (exact) mass is 397 g/mol. The predicted molar refractivity (Wildman–Crippen MR) is 94.4 cm³/mol. The van der Waals surface area contributed by atoms with Crippen LogP contribution >= 0.6 is 0 Å². The van der Waals surface area contributed by atoms with E-state index in [4.69, 9.17) is 17.1 Å². The van der Waals surface area contributed by atoms with Crippen molar-refractivity contribution in [3.8, 4) is 0 Å². The summed E-state index contributed by atoms with van der Waals surface area (Å²) in [6.45, 7) is 7.37. The van der Waals surface area contributed by atoms with Crippen molar-refractivity contribution in [2.45, 2.75) is 69.4 Å². The summed E-state index contributed by atoms with van der Waals surface area (Å²) < 4.78 is 31.2. The number of fused-ring (bicyclic) bond motifs is 1. The molecule has 0 radical (unpaired) electrons. The molecule has 154 valence electrons. The van der Waals surface area contributed by atoms with Crippen molar-refractivity contribution in [3.63, 3.8) is 0 Å². The average molecular weight is 397 g/mol. The number of carbonyl (C=O) groups excluding carboxylic acids is 2. The molecule has 1 heterocycles. The fourth-order valence-corrected chi connectivity index (χ4v) is 6.75. The zero-order valence-electron chi connectivity index (χ0n) is 15.6. The van der Waals surface area contributed by atoms with Crippen LogP contribution in [0.5, 0.6) is 0 Å². The Morgan fingerprint density at radius 1 is 1.04 bits per heavy atom. The van der Waals surface area contributed by atoms with Gasteiger partial charge in [0.15, 0.2) is 0 Å². The number of alkyl halides is 3. The van der Waals surface area contributed by atoms with Gasteiger partial charge in [0.2, 0.25) is 12.2 Å². The van der Waals surface area contributed by atoms with Crippen molar-refractivity contribution in [3.05, 3.63) is 11.4 Å². The maximum absolute atomic E-state index is 13.0. The van der Waals surface area contributed by atoms with E-state index >= 15 is 0 Å². The molecule has 0 aromatic rings. The first-order valence-electron chi connectivity index (χ1n) is 10.2. The summed E-state index contributed by atoms with van der Waals surface area (Å²) in [4.78, 5) is 27.3. The molecule has 4 atom stereocenters. The van der Waals surface area contributed by atoms with Crippen molar-refractivity contribution in [2.24, 2.45) is 41.2 Å².